The van der Waals surface area contributed by atoms with E-state index in [4.69, 9.17) is 5.26 Å². The Kier molecular flexibility index (Phi) is 4.57. The van der Waals surface area contributed by atoms with Crippen LogP contribution in [0.15, 0.2) is 17.0 Å². The normalized spacial score (nSPS) is 10.8. The molecule has 0 aliphatic carbocycles. The van der Waals surface area contributed by atoms with Crippen molar-refractivity contribution < 1.29 is 27.6 Å². The molecule has 1 aromatic rings. The third-order valence-corrected chi connectivity index (χ3v) is 2.80. The largest absolute Gasteiger partial charge is 0.465 e. The highest BCUT2D eigenvalue weighted by molar-refractivity contribution is 8.00. The first-order valence-corrected chi connectivity index (χ1v) is 5.58. The lowest BCUT2D eigenvalue weighted by Crippen LogP contribution is -2.10. The summed E-state index contributed by atoms with van der Waals surface area (Å²) in [4.78, 5) is 20.5. The Morgan fingerprint density at radius 1 is 1.50 bits per heavy atom. The third-order valence-electron chi connectivity index (χ3n) is 2.02. The number of thioether (sulfide) groups is 1. The van der Waals surface area contributed by atoms with Gasteiger partial charge in [-0.2, -0.15) is 18.4 Å². The monoisotopic (exact) mass is 306 g/mol. The van der Waals surface area contributed by atoms with Crippen molar-refractivity contribution in [1.29, 1.82) is 5.26 Å². The predicted octanol–water partition coefficient (Wildman–Crippen LogP) is 2.86. The van der Waals surface area contributed by atoms with Gasteiger partial charge in [0.15, 0.2) is 5.56 Å². The molecule has 10 heteroatoms. The SMILES string of the molecule is COC(=O)c1c(SC(F)(F)F)cc(C#N)cc1[N+](=O)[O-]. The summed E-state index contributed by atoms with van der Waals surface area (Å²) in [6, 6.07) is 2.96. The molecule has 0 saturated heterocycles. The summed E-state index contributed by atoms with van der Waals surface area (Å²) in [6.07, 6.45) is 0. The molecule has 0 aliphatic heterocycles. The highest BCUT2D eigenvalue weighted by atomic mass is 32.2. The number of hydrogen-bond acceptors (Lipinski definition) is 6. The first kappa shape index (κ1) is 15.8. The molecule has 0 heterocycles. The maximum atomic E-state index is 12.4. The molecular formula is C10H5F3N2O4S. The molecule has 0 aromatic heterocycles. The summed E-state index contributed by atoms with van der Waals surface area (Å²) in [5.74, 6) is -1.28. The van der Waals surface area contributed by atoms with Gasteiger partial charge in [-0.25, -0.2) is 4.79 Å². The fraction of sp³-hybridized carbons (Fsp3) is 0.200. The molecule has 20 heavy (non-hydrogen) atoms. The Hall–Kier alpha value is -2.28. The second-order valence-corrected chi connectivity index (χ2v) is 4.38. The Labute approximate surface area is 114 Å². The van der Waals surface area contributed by atoms with Crippen LogP contribution < -0.4 is 0 Å². The number of carbonyl (C=O) groups excluding carboxylic acids is 1. The van der Waals surface area contributed by atoms with Crippen molar-refractivity contribution >= 4 is 23.4 Å². The highest BCUT2D eigenvalue weighted by Gasteiger charge is 2.35. The van der Waals surface area contributed by atoms with E-state index in [0.717, 1.165) is 13.2 Å². The van der Waals surface area contributed by atoms with Crippen LogP contribution in [0.25, 0.3) is 0 Å². The smallest absolute Gasteiger partial charge is 0.446 e. The van der Waals surface area contributed by atoms with Crippen molar-refractivity contribution in [2.45, 2.75) is 10.4 Å². The van der Waals surface area contributed by atoms with Crippen LogP contribution in [0.4, 0.5) is 18.9 Å². The van der Waals surface area contributed by atoms with Crippen molar-refractivity contribution in [3.05, 3.63) is 33.4 Å². The predicted molar refractivity (Wildman–Crippen MR) is 61.1 cm³/mol. The number of ether oxygens (including phenoxy) is 1. The number of benzene rings is 1. The molecule has 0 unspecified atom stereocenters. The Morgan fingerprint density at radius 2 is 2.10 bits per heavy atom. The third kappa shape index (κ3) is 3.61. The van der Waals surface area contributed by atoms with Gasteiger partial charge in [-0.1, -0.05) is 0 Å². The number of nitro benzene ring substituents is 1. The van der Waals surface area contributed by atoms with Gasteiger partial charge in [0, 0.05) is 11.0 Å². The van der Waals surface area contributed by atoms with Crippen LogP contribution in [0.5, 0.6) is 0 Å². The van der Waals surface area contributed by atoms with Crippen LogP contribution in [0, 0.1) is 21.4 Å². The molecule has 0 spiro atoms. The number of hydrogen-bond donors (Lipinski definition) is 0. The molecule has 6 nitrogen and oxygen atoms in total. The molecule has 0 saturated carbocycles. The highest BCUT2D eigenvalue weighted by Crippen LogP contribution is 2.41. The van der Waals surface area contributed by atoms with Crippen LogP contribution in [-0.2, 0) is 4.74 Å². The van der Waals surface area contributed by atoms with Crippen molar-refractivity contribution in [2.24, 2.45) is 0 Å². The number of nitrogens with zero attached hydrogens (tertiary/aromatic N) is 2. The zero-order chi connectivity index (χ0) is 15.5. The Bertz CT molecular complexity index is 610. The van der Waals surface area contributed by atoms with Gasteiger partial charge >= 0.3 is 11.5 Å². The lowest BCUT2D eigenvalue weighted by atomic mass is 10.1. The number of nitriles is 1. The van der Waals surface area contributed by atoms with Crippen LogP contribution >= 0.6 is 11.8 Å². The van der Waals surface area contributed by atoms with E-state index in [-0.39, 0.29) is 5.56 Å². The van der Waals surface area contributed by atoms with Gasteiger partial charge in [0.1, 0.15) is 0 Å². The zero-order valence-electron chi connectivity index (χ0n) is 9.72. The number of carbonyl (C=O) groups is 1. The van der Waals surface area contributed by atoms with Crippen LogP contribution in [0.3, 0.4) is 0 Å². The molecule has 0 atom stereocenters. The number of esters is 1. The summed E-state index contributed by atoms with van der Waals surface area (Å²) in [5.41, 5.74) is -6.89. The van der Waals surface area contributed by atoms with Gasteiger partial charge in [0.05, 0.1) is 23.7 Å². The van der Waals surface area contributed by atoms with Gasteiger partial charge < -0.3 is 4.74 Å². The van der Waals surface area contributed by atoms with Crippen molar-refractivity contribution in [3.63, 3.8) is 0 Å². The number of alkyl halides is 3. The molecule has 1 rings (SSSR count). The van der Waals surface area contributed by atoms with Crippen LogP contribution in [-0.4, -0.2) is 23.5 Å². The van der Waals surface area contributed by atoms with Gasteiger partial charge in [-0.05, 0) is 17.8 Å². The molecule has 0 radical (unpaired) electrons. The van der Waals surface area contributed by atoms with Crippen LogP contribution in [0.1, 0.15) is 15.9 Å². The summed E-state index contributed by atoms with van der Waals surface area (Å²) in [5, 5.41) is 19.5. The van der Waals surface area contributed by atoms with E-state index in [1.54, 1.807) is 0 Å². The standard InChI is InChI=1S/C10H5F3N2O4S/c1-19-9(16)8-6(15(17)18)2-5(4-14)3-7(8)20-10(11,12)13/h2-3H,1H3. The molecule has 0 N–H and O–H groups in total. The zero-order valence-corrected chi connectivity index (χ0v) is 10.5. The maximum absolute atomic E-state index is 12.4. The molecule has 0 fully saturated rings. The summed E-state index contributed by atoms with van der Waals surface area (Å²) < 4.78 is 41.5. The number of methoxy groups -OCH3 is 1. The van der Waals surface area contributed by atoms with Gasteiger partial charge in [0.25, 0.3) is 5.69 Å². The second kappa shape index (κ2) is 5.79. The Balaban J connectivity index is 3.60. The molecule has 0 amide bonds. The Morgan fingerprint density at radius 3 is 2.50 bits per heavy atom. The van der Waals surface area contributed by atoms with Crippen molar-refractivity contribution in [1.82, 2.24) is 0 Å². The van der Waals surface area contributed by atoms with Gasteiger partial charge in [-0.15, -0.1) is 0 Å². The summed E-state index contributed by atoms with van der Waals surface area (Å²) >= 11 is -0.724. The lowest BCUT2D eigenvalue weighted by molar-refractivity contribution is -0.385. The van der Waals surface area contributed by atoms with E-state index in [0.29, 0.717) is 6.07 Å². The topological polar surface area (TPSA) is 93.2 Å². The minimum atomic E-state index is -4.77. The minimum absolute atomic E-state index is 0.365. The first-order valence-electron chi connectivity index (χ1n) is 4.76. The van der Waals surface area contributed by atoms with E-state index in [9.17, 15) is 28.1 Å². The molecule has 1 aromatic carbocycles. The quantitative estimate of drug-likeness (QED) is 0.369. The maximum Gasteiger partial charge on any atom is 0.446 e. The summed E-state index contributed by atoms with van der Waals surface area (Å²) in [6.45, 7) is 0. The van der Waals surface area contributed by atoms with E-state index < -0.39 is 44.3 Å². The van der Waals surface area contributed by atoms with Crippen molar-refractivity contribution in [3.8, 4) is 6.07 Å². The fourth-order valence-corrected chi connectivity index (χ4v) is 2.05. The molecule has 0 aliphatic rings. The first-order chi connectivity index (χ1) is 9.19. The number of nitro groups is 1. The van der Waals surface area contributed by atoms with Crippen LogP contribution in [0.2, 0.25) is 0 Å². The van der Waals surface area contributed by atoms with E-state index in [1.807, 2.05) is 0 Å². The summed E-state index contributed by atoms with van der Waals surface area (Å²) in [7, 11) is 0.881. The minimum Gasteiger partial charge on any atom is -0.465 e. The average Bonchev–Trinajstić information content (AvgIpc) is 2.34. The van der Waals surface area contributed by atoms with Crippen molar-refractivity contribution in [2.75, 3.05) is 7.11 Å². The van der Waals surface area contributed by atoms with E-state index in [2.05, 4.69) is 4.74 Å². The average molecular weight is 306 g/mol. The molecule has 0 bridgehead atoms. The fourth-order valence-electron chi connectivity index (χ4n) is 1.32. The van der Waals surface area contributed by atoms with Gasteiger partial charge in [0.2, 0.25) is 0 Å². The molecular weight excluding hydrogens is 301 g/mol. The number of rotatable bonds is 3. The van der Waals surface area contributed by atoms with Gasteiger partial charge in [-0.3, -0.25) is 10.1 Å². The number of halogens is 3. The second-order valence-electron chi connectivity index (χ2n) is 3.28. The van der Waals surface area contributed by atoms with E-state index >= 15 is 0 Å². The van der Waals surface area contributed by atoms with E-state index in [1.165, 1.54) is 6.07 Å². The lowest BCUT2D eigenvalue weighted by Gasteiger charge is -2.10. The molecule has 106 valence electrons.